The van der Waals surface area contributed by atoms with Gasteiger partial charge in [-0.15, -0.1) is 0 Å². The summed E-state index contributed by atoms with van der Waals surface area (Å²) in [5.41, 5.74) is 5.00. The molecule has 1 aliphatic carbocycles. The Morgan fingerprint density at radius 1 is 1.17 bits per heavy atom. The van der Waals surface area contributed by atoms with Crippen LogP contribution in [0.15, 0.2) is 0 Å². The van der Waals surface area contributed by atoms with Crippen LogP contribution < -0.4 is 10.9 Å². The van der Waals surface area contributed by atoms with Crippen LogP contribution in [0.2, 0.25) is 0 Å². The highest BCUT2D eigenvalue weighted by molar-refractivity contribution is 8.23. The average molecular weight is 358 g/mol. The van der Waals surface area contributed by atoms with Crippen molar-refractivity contribution in [3.63, 3.8) is 0 Å². The first-order valence-electron chi connectivity index (χ1n) is 8.14. The summed E-state index contributed by atoms with van der Waals surface area (Å²) in [7, 11) is 0. The molecule has 1 aliphatic heterocycles. The molecule has 0 unspecified atom stereocenters. The van der Waals surface area contributed by atoms with E-state index < -0.39 is 0 Å². The molecule has 0 aromatic rings. The second kappa shape index (κ2) is 9.22. The van der Waals surface area contributed by atoms with Gasteiger partial charge in [0.15, 0.2) is 0 Å². The van der Waals surface area contributed by atoms with Gasteiger partial charge in [0.1, 0.15) is 4.32 Å². The van der Waals surface area contributed by atoms with E-state index in [1.807, 2.05) is 0 Å². The molecule has 2 aliphatic rings. The van der Waals surface area contributed by atoms with Crippen molar-refractivity contribution in [2.24, 2.45) is 5.92 Å². The Hall–Kier alpha value is -1.15. The molecule has 1 saturated heterocycles. The number of thiocarbonyl (C=S) groups is 1. The molecule has 0 spiro atoms. The van der Waals surface area contributed by atoms with Gasteiger partial charge in [-0.2, -0.15) is 0 Å². The number of unbranched alkanes of at least 4 members (excludes halogenated alkanes) is 1. The standard InChI is InChI=1S/C15H23N3O3S2/c19-12(16-17-14(21)11-6-2-1-3-7-11)8-4-5-9-18-13(20)10-23-15(18)22/h11H,1-10H2,(H,16,19)(H,17,21). The van der Waals surface area contributed by atoms with E-state index in [4.69, 9.17) is 12.2 Å². The van der Waals surface area contributed by atoms with Crippen molar-refractivity contribution in [3.8, 4) is 0 Å². The van der Waals surface area contributed by atoms with E-state index in [2.05, 4.69) is 10.9 Å². The SMILES string of the molecule is O=C(CCCCN1C(=O)CSC1=S)NNC(=O)C1CCCCC1. The van der Waals surface area contributed by atoms with Crippen molar-refractivity contribution >= 4 is 46.0 Å². The van der Waals surface area contributed by atoms with Gasteiger partial charge in [0.05, 0.1) is 5.75 Å². The van der Waals surface area contributed by atoms with Gasteiger partial charge in [0, 0.05) is 18.9 Å². The lowest BCUT2D eigenvalue weighted by atomic mass is 9.89. The fourth-order valence-corrected chi connectivity index (χ4v) is 3.93. The molecule has 23 heavy (non-hydrogen) atoms. The van der Waals surface area contributed by atoms with Crippen LogP contribution in [0.1, 0.15) is 51.4 Å². The smallest absolute Gasteiger partial charge is 0.241 e. The highest BCUT2D eigenvalue weighted by Gasteiger charge is 2.25. The zero-order valence-electron chi connectivity index (χ0n) is 13.1. The van der Waals surface area contributed by atoms with E-state index in [0.717, 1.165) is 32.1 Å². The number of hydrogen-bond acceptors (Lipinski definition) is 5. The first-order valence-corrected chi connectivity index (χ1v) is 9.53. The molecule has 2 N–H and O–H groups in total. The highest BCUT2D eigenvalue weighted by atomic mass is 32.2. The van der Waals surface area contributed by atoms with Crippen LogP contribution in [-0.4, -0.2) is 39.2 Å². The molecule has 3 amide bonds. The minimum absolute atomic E-state index is 0.0312. The van der Waals surface area contributed by atoms with Gasteiger partial charge in [-0.05, 0) is 25.7 Å². The van der Waals surface area contributed by atoms with Crippen molar-refractivity contribution in [1.29, 1.82) is 0 Å². The third-order valence-corrected chi connectivity index (χ3v) is 5.61. The summed E-state index contributed by atoms with van der Waals surface area (Å²) >= 11 is 6.48. The molecular formula is C15H23N3O3S2. The number of rotatable bonds is 6. The molecule has 1 saturated carbocycles. The van der Waals surface area contributed by atoms with E-state index in [1.54, 1.807) is 4.90 Å². The second-order valence-corrected chi connectivity index (χ2v) is 7.54. The van der Waals surface area contributed by atoms with Crippen LogP contribution >= 0.6 is 24.0 Å². The lowest BCUT2D eigenvalue weighted by Crippen LogP contribution is -2.44. The summed E-state index contributed by atoms with van der Waals surface area (Å²) in [4.78, 5) is 36.7. The lowest BCUT2D eigenvalue weighted by Gasteiger charge is -2.20. The number of hydrazine groups is 1. The molecule has 0 radical (unpaired) electrons. The molecule has 0 atom stereocenters. The number of hydrogen-bond donors (Lipinski definition) is 2. The number of nitrogens with zero attached hydrogens (tertiary/aromatic N) is 1. The molecule has 0 aromatic heterocycles. The monoisotopic (exact) mass is 357 g/mol. The maximum absolute atomic E-state index is 11.9. The third kappa shape index (κ3) is 5.76. The Morgan fingerprint density at radius 2 is 1.91 bits per heavy atom. The van der Waals surface area contributed by atoms with Gasteiger partial charge in [-0.1, -0.05) is 43.2 Å². The van der Waals surface area contributed by atoms with E-state index in [0.29, 0.717) is 29.5 Å². The maximum atomic E-state index is 11.9. The average Bonchev–Trinajstić information content (AvgIpc) is 2.89. The zero-order valence-corrected chi connectivity index (χ0v) is 14.8. The summed E-state index contributed by atoms with van der Waals surface area (Å²) in [6.45, 7) is 0.562. The van der Waals surface area contributed by atoms with Crippen molar-refractivity contribution in [1.82, 2.24) is 15.8 Å². The summed E-state index contributed by atoms with van der Waals surface area (Å²) in [6.07, 6.45) is 6.87. The van der Waals surface area contributed by atoms with E-state index in [9.17, 15) is 14.4 Å². The fourth-order valence-electron chi connectivity index (χ4n) is 2.81. The predicted molar refractivity (Wildman–Crippen MR) is 93.5 cm³/mol. The summed E-state index contributed by atoms with van der Waals surface area (Å²) < 4.78 is 0.624. The first kappa shape index (κ1) is 18.2. The predicted octanol–water partition coefficient (Wildman–Crippen LogP) is 1.74. The molecule has 1 heterocycles. The van der Waals surface area contributed by atoms with Gasteiger partial charge in [-0.25, -0.2) is 0 Å². The number of carbonyl (C=O) groups is 3. The number of carbonyl (C=O) groups excluding carboxylic acids is 3. The van der Waals surface area contributed by atoms with Crippen LogP contribution in [-0.2, 0) is 14.4 Å². The maximum Gasteiger partial charge on any atom is 0.241 e. The molecule has 2 rings (SSSR count). The van der Waals surface area contributed by atoms with E-state index in [1.165, 1.54) is 18.2 Å². The Bertz CT molecular complexity index is 463. The van der Waals surface area contributed by atoms with Crippen LogP contribution in [0.25, 0.3) is 0 Å². The van der Waals surface area contributed by atoms with Crippen LogP contribution in [0.3, 0.4) is 0 Å². The minimum atomic E-state index is -0.196. The van der Waals surface area contributed by atoms with Crippen molar-refractivity contribution in [2.75, 3.05) is 12.3 Å². The third-order valence-electron chi connectivity index (χ3n) is 4.18. The number of thioether (sulfide) groups is 1. The molecule has 2 fully saturated rings. The Kier molecular flexibility index (Phi) is 7.29. The van der Waals surface area contributed by atoms with Crippen molar-refractivity contribution < 1.29 is 14.4 Å². The number of nitrogens with one attached hydrogen (secondary N) is 2. The fraction of sp³-hybridized carbons (Fsp3) is 0.733. The molecule has 8 heteroatoms. The molecule has 128 valence electrons. The topological polar surface area (TPSA) is 78.5 Å². The van der Waals surface area contributed by atoms with Gasteiger partial charge in [0.2, 0.25) is 17.7 Å². The molecule has 0 bridgehead atoms. The quantitative estimate of drug-likeness (QED) is 0.430. The highest BCUT2D eigenvalue weighted by Crippen LogP contribution is 2.23. The summed E-state index contributed by atoms with van der Waals surface area (Å²) in [5.74, 6) is 0.224. The van der Waals surface area contributed by atoms with Crippen molar-refractivity contribution in [2.45, 2.75) is 51.4 Å². The second-order valence-electron chi connectivity index (χ2n) is 5.93. The Morgan fingerprint density at radius 3 is 2.57 bits per heavy atom. The molecule has 0 aromatic carbocycles. The Balaban J connectivity index is 1.55. The minimum Gasteiger partial charge on any atom is -0.297 e. The van der Waals surface area contributed by atoms with E-state index >= 15 is 0 Å². The van der Waals surface area contributed by atoms with E-state index in [-0.39, 0.29) is 23.6 Å². The lowest BCUT2D eigenvalue weighted by molar-refractivity contribution is -0.132. The summed E-state index contributed by atoms with van der Waals surface area (Å²) in [5, 5.41) is 0. The molecule has 6 nitrogen and oxygen atoms in total. The summed E-state index contributed by atoms with van der Waals surface area (Å²) in [6, 6.07) is 0. The first-order chi connectivity index (χ1) is 11.1. The van der Waals surface area contributed by atoms with Crippen LogP contribution in [0.5, 0.6) is 0 Å². The van der Waals surface area contributed by atoms with Gasteiger partial charge >= 0.3 is 0 Å². The van der Waals surface area contributed by atoms with Gasteiger partial charge < -0.3 is 0 Å². The van der Waals surface area contributed by atoms with Crippen LogP contribution in [0, 0.1) is 5.92 Å². The van der Waals surface area contributed by atoms with Crippen molar-refractivity contribution in [3.05, 3.63) is 0 Å². The number of amides is 3. The normalized spacial score (nSPS) is 19.0. The van der Waals surface area contributed by atoms with Gasteiger partial charge in [-0.3, -0.25) is 30.1 Å². The largest absolute Gasteiger partial charge is 0.297 e. The molecular weight excluding hydrogens is 334 g/mol. The van der Waals surface area contributed by atoms with Gasteiger partial charge in [0.25, 0.3) is 0 Å². The van der Waals surface area contributed by atoms with Crippen LogP contribution in [0.4, 0.5) is 0 Å². The zero-order chi connectivity index (χ0) is 16.7. The Labute approximate surface area is 146 Å².